The molecule has 1 rings (SSSR count). The Kier molecular flexibility index (Phi) is 4.76. The Morgan fingerprint density at radius 3 is 2.94 bits per heavy atom. The third-order valence-corrected chi connectivity index (χ3v) is 2.36. The summed E-state index contributed by atoms with van der Waals surface area (Å²) < 4.78 is 1.74. The second-order valence-corrected chi connectivity index (χ2v) is 3.52. The third kappa shape index (κ3) is 2.95. The summed E-state index contributed by atoms with van der Waals surface area (Å²) in [6, 6.07) is 1.85. The second-order valence-electron chi connectivity index (χ2n) is 3.52. The van der Waals surface area contributed by atoms with E-state index in [1.807, 2.05) is 19.9 Å². The Labute approximate surface area is 96.3 Å². The fourth-order valence-corrected chi connectivity index (χ4v) is 1.45. The Balaban J connectivity index is 2.73. The van der Waals surface area contributed by atoms with Gasteiger partial charge in [-0.3, -0.25) is 9.48 Å². The number of nitrogens with zero attached hydrogens (tertiary/aromatic N) is 2. The van der Waals surface area contributed by atoms with E-state index < -0.39 is 0 Å². The zero-order valence-corrected chi connectivity index (χ0v) is 9.99. The summed E-state index contributed by atoms with van der Waals surface area (Å²) in [5.41, 5.74) is 1.60. The molecule has 0 aliphatic carbocycles. The maximum Gasteiger partial charge on any atom is 0.269 e. The van der Waals surface area contributed by atoms with Gasteiger partial charge in [0.05, 0.1) is 5.69 Å². The van der Waals surface area contributed by atoms with Crippen LogP contribution in [-0.4, -0.2) is 22.2 Å². The Morgan fingerprint density at radius 2 is 2.38 bits per heavy atom. The molecule has 1 aromatic rings. The van der Waals surface area contributed by atoms with E-state index in [1.165, 1.54) is 0 Å². The van der Waals surface area contributed by atoms with E-state index in [1.54, 1.807) is 10.8 Å². The molecule has 0 aliphatic rings. The van der Waals surface area contributed by atoms with E-state index in [9.17, 15) is 4.79 Å². The van der Waals surface area contributed by atoms with Gasteiger partial charge in [-0.1, -0.05) is 13.0 Å². The number of hydrogen-bond acceptors (Lipinski definition) is 2. The minimum Gasteiger partial charge on any atom is -0.350 e. The van der Waals surface area contributed by atoms with Gasteiger partial charge in [0.2, 0.25) is 0 Å². The van der Waals surface area contributed by atoms with Crippen molar-refractivity contribution < 1.29 is 4.79 Å². The maximum atomic E-state index is 11.8. The average Bonchev–Trinajstić information content (AvgIpc) is 2.72. The topological polar surface area (TPSA) is 46.9 Å². The standard InChI is InChI=1S/C12H19N3O/c1-4-7-8-13-12(16)11-9-10(5-2)14-15(11)6-3/h4,9H,1,5-8H2,2-3H3,(H,13,16). The number of carbonyl (C=O) groups excluding carboxylic acids is 1. The fourth-order valence-electron chi connectivity index (χ4n) is 1.45. The van der Waals surface area contributed by atoms with E-state index >= 15 is 0 Å². The Hall–Kier alpha value is -1.58. The summed E-state index contributed by atoms with van der Waals surface area (Å²) in [7, 11) is 0. The molecule has 88 valence electrons. The van der Waals surface area contributed by atoms with Crippen molar-refractivity contribution >= 4 is 5.91 Å². The lowest BCUT2D eigenvalue weighted by Gasteiger charge is -2.04. The largest absolute Gasteiger partial charge is 0.350 e. The van der Waals surface area contributed by atoms with Gasteiger partial charge in [-0.2, -0.15) is 5.10 Å². The van der Waals surface area contributed by atoms with Gasteiger partial charge in [-0.15, -0.1) is 6.58 Å². The van der Waals surface area contributed by atoms with Crippen LogP contribution in [0.5, 0.6) is 0 Å². The van der Waals surface area contributed by atoms with Crippen molar-refractivity contribution in [1.29, 1.82) is 0 Å². The van der Waals surface area contributed by atoms with Crippen molar-refractivity contribution in [3.63, 3.8) is 0 Å². The highest BCUT2D eigenvalue weighted by atomic mass is 16.2. The molecule has 4 nitrogen and oxygen atoms in total. The highest BCUT2D eigenvalue weighted by Crippen LogP contribution is 2.05. The number of aromatic nitrogens is 2. The van der Waals surface area contributed by atoms with Gasteiger partial charge in [0.25, 0.3) is 5.91 Å². The Morgan fingerprint density at radius 1 is 1.62 bits per heavy atom. The first-order chi connectivity index (χ1) is 7.72. The molecule has 0 saturated heterocycles. The molecule has 1 N–H and O–H groups in total. The highest BCUT2D eigenvalue weighted by Gasteiger charge is 2.12. The first-order valence-corrected chi connectivity index (χ1v) is 5.68. The average molecular weight is 221 g/mol. The summed E-state index contributed by atoms with van der Waals surface area (Å²) in [5, 5.41) is 7.17. The molecule has 0 bridgehead atoms. The number of amides is 1. The quantitative estimate of drug-likeness (QED) is 0.588. The van der Waals surface area contributed by atoms with E-state index in [4.69, 9.17) is 0 Å². The number of rotatable bonds is 6. The number of hydrogen-bond donors (Lipinski definition) is 1. The zero-order chi connectivity index (χ0) is 12.0. The smallest absolute Gasteiger partial charge is 0.269 e. The molecule has 1 heterocycles. The van der Waals surface area contributed by atoms with E-state index in [-0.39, 0.29) is 5.91 Å². The first kappa shape index (κ1) is 12.5. The minimum absolute atomic E-state index is 0.0594. The van der Waals surface area contributed by atoms with E-state index in [2.05, 4.69) is 17.0 Å². The van der Waals surface area contributed by atoms with E-state index in [0.29, 0.717) is 18.8 Å². The highest BCUT2D eigenvalue weighted by molar-refractivity contribution is 5.92. The molecule has 0 fully saturated rings. The van der Waals surface area contributed by atoms with Crippen LogP contribution in [0.3, 0.4) is 0 Å². The summed E-state index contributed by atoms with van der Waals surface area (Å²) in [4.78, 5) is 11.8. The molecule has 0 aromatic carbocycles. The van der Waals surface area contributed by atoms with Crippen LogP contribution in [0, 0.1) is 0 Å². The van der Waals surface area contributed by atoms with Crippen LogP contribution in [0.15, 0.2) is 18.7 Å². The lowest BCUT2D eigenvalue weighted by Crippen LogP contribution is -2.26. The van der Waals surface area contributed by atoms with Gasteiger partial charge in [0.15, 0.2) is 0 Å². The fraction of sp³-hybridized carbons (Fsp3) is 0.500. The summed E-state index contributed by atoms with van der Waals surface area (Å²) >= 11 is 0. The number of aryl methyl sites for hydroxylation is 2. The van der Waals surface area contributed by atoms with Gasteiger partial charge >= 0.3 is 0 Å². The van der Waals surface area contributed by atoms with Gasteiger partial charge in [0, 0.05) is 13.1 Å². The second kappa shape index (κ2) is 6.10. The summed E-state index contributed by atoms with van der Waals surface area (Å²) in [6.07, 6.45) is 3.42. The van der Waals surface area contributed by atoms with Crippen LogP contribution >= 0.6 is 0 Å². The predicted molar refractivity (Wildman–Crippen MR) is 64.4 cm³/mol. The van der Waals surface area contributed by atoms with E-state index in [0.717, 1.165) is 18.5 Å². The summed E-state index contributed by atoms with van der Waals surface area (Å²) in [5.74, 6) is -0.0594. The summed E-state index contributed by atoms with van der Waals surface area (Å²) in [6.45, 7) is 8.96. The third-order valence-electron chi connectivity index (χ3n) is 2.36. The molecule has 0 saturated carbocycles. The lowest BCUT2D eigenvalue weighted by atomic mass is 10.3. The van der Waals surface area contributed by atoms with Crippen LogP contribution in [0.4, 0.5) is 0 Å². The van der Waals surface area contributed by atoms with Gasteiger partial charge in [-0.25, -0.2) is 0 Å². The number of carbonyl (C=O) groups is 1. The molecule has 1 amide bonds. The molecular formula is C12H19N3O. The molecule has 0 spiro atoms. The van der Waals surface area contributed by atoms with Crippen molar-refractivity contribution in [2.45, 2.75) is 33.2 Å². The normalized spacial score (nSPS) is 10.1. The lowest BCUT2D eigenvalue weighted by molar-refractivity contribution is 0.0943. The molecule has 0 atom stereocenters. The van der Waals surface area contributed by atoms with Crippen molar-refractivity contribution in [1.82, 2.24) is 15.1 Å². The maximum absolute atomic E-state index is 11.8. The zero-order valence-electron chi connectivity index (χ0n) is 9.99. The van der Waals surface area contributed by atoms with Crippen LogP contribution in [0.25, 0.3) is 0 Å². The Bertz CT molecular complexity index is 368. The van der Waals surface area contributed by atoms with Gasteiger partial charge in [0.1, 0.15) is 5.69 Å². The number of nitrogens with one attached hydrogen (secondary N) is 1. The minimum atomic E-state index is -0.0594. The molecule has 1 aromatic heterocycles. The van der Waals surface area contributed by atoms with Crippen molar-refractivity contribution in [2.24, 2.45) is 0 Å². The van der Waals surface area contributed by atoms with Gasteiger partial charge < -0.3 is 5.32 Å². The SMILES string of the molecule is C=CCCNC(=O)c1cc(CC)nn1CC. The first-order valence-electron chi connectivity index (χ1n) is 5.68. The molecular weight excluding hydrogens is 202 g/mol. The monoisotopic (exact) mass is 221 g/mol. The van der Waals surface area contributed by atoms with Crippen LogP contribution in [0.1, 0.15) is 36.5 Å². The van der Waals surface area contributed by atoms with Gasteiger partial charge in [-0.05, 0) is 25.8 Å². The van der Waals surface area contributed by atoms with Crippen molar-refractivity contribution in [2.75, 3.05) is 6.54 Å². The molecule has 0 aliphatic heterocycles. The molecule has 0 unspecified atom stereocenters. The molecule has 0 radical (unpaired) electrons. The molecule has 16 heavy (non-hydrogen) atoms. The van der Waals surface area contributed by atoms with Crippen molar-refractivity contribution in [3.05, 3.63) is 30.1 Å². The predicted octanol–water partition coefficient (Wildman–Crippen LogP) is 1.77. The van der Waals surface area contributed by atoms with Crippen LogP contribution < -0.4 is 5.32 Å². The van der Waals surface area contributed by atoms with Crippen LogP contribution in [0.2, 0.25) is 0 Å². The van der Waals surface area contributed by atoms with Crippen LogP contribution in [-0.2, 0) is 13.0 Å². The van der Waals surface area contributed by atoms with Crippen molar-refractivity contribution in [3.8, 4) is 0 Å². The molecule has 4 heteroatoms.